The molecule has 118 valence electrons. The molecule has 1 spiro atoms. The molecule has 3 fully saturated rings. The molecule has 3 aliphatic heterocycles. The van der Waals surface area contributed by atoms with E-state index in [1.807, 2.05) is 18.9 Å². The predicted molar refractivity (Wildman–Crippen MR) is 77.8 cm³/mol. The third-order valence-electron chi connectivity index (χ3n) is 5.44. The van der Waals surface area contributed by atoms with E-state index >= 15 is 0 Å². The van der Waals surface area contributed by atoms with Crippen LogP contribution in [0, 0.1) is 0 Å². The highest BCUT2D eigenvalue weighted by molar-refractivity contribution is 5.88. The van der Waals surface area contributed by atoms with Crippen molar-refractivity contribution in [2.24, 2.45) is 0 Å². The number of nitrogens with zero attached hydrogens (tertiary/aromatic N) is 2. The first-order valence-corrected chi connectivity index (χ1v) is 7.91. The first-order valence-electron chi connectivity index (χ1n) is 7.91. The summed E-state index contributed by atoms with van der Waals surface area (Å²) in [6, 6.07) is 0. The highest BCUT2D eigenvalue weighted by atomic mass is 16.5. The number of carbonyl (C=O) groups is 2. The van der Waals surface area contributed by atoms with Gasteiger partial charge in [0.25, 0.3) is 5.91 Å². The Balaban J connectivity index is 1.67. The van der Waals surface area contributed by atoms with Crippen LogP contribution in [0.15, 0.2) is 0 Å². The standard InChI is InChI=1S/C15H25N3O3/c1-14(4-3-11-21-14)13(20)18-8-5-15(6-9-18)12(19)16-7-10-17(15)2/h3-11H2,1-2H3,(H,16,19)/t14-/m1/s1. The highest BCUT2D eigenvalue weighted by Gasteiger charge is 2.49. The van der Waals surface area contributed by atoms with Crippen LogP contribution in [-0.4, -0.2) is 72.6 Å². The lowest BCUT2D eigenvalue weighted by Crippen LogP contribution is -2.67. The lowest BCUT2D eigenvalue weighted by atomic mass is 9.83. The number of rotatable bonds is 1. The van der Waals surface area contributed by atoms with E-state index in [4.69, 9.17) is 4.74 Å². The van der Waals surface area contributed by atoms with E-state index in [0.717, 1.165) is 19.4 Å². The number of piperidine rings is 1. The summed E-state index contributed by atoms with van der Waals surface area (Å²) in [6.45, 7) is 5.43. The molecule has 3 aliphatic rings. The van der Waals surface area contributed by atoms with Crippen LogP contribution >= 0.6 is 0 Å². The summed E-state index contributed by atoms with van der Waals surface area (Å²) < 4.78 is 5.65. The van der Waals surface area contributed by atoms with Crippen molar-refractivity contribution in [2.75, 3.05) is 39.8 Å². The number of piperazine rings is 1. The van der Waals surface area contributed by atoms with Crippen LogP contribution in [0.2, 0.25) is 0 Å². The second-order valence-corrected chi connectivity index (χ2v) is 6.68. The average Bonchev–Trinajstić information content (AvgIpc) is 2.93. The summed E-state index contributed by atoms with van der Waals surface area (Å²) in [5.41, 5.74) is -1.07. The number of amides is 2. The number of hydrogen-bond donors (Lipinski definition) is 1. The number of likely N-dealkylation sites (tertiary alicyclic amines) is 1. The van der Waals surface area contributed by atoms with Crippen molar-refractivity contribution in [1.82, 2.24) is 15.1 Å². The van der Waals surface area contributed by atoms with Crippen LogP contribution in [0.25, 0.3) is 0 Å². The summed E-state index contributed by atoms with van der Waals surface area (Å²) >= 11 is 0. The van der Waals surface area contributed by atoms with Crippen molar-refractivity contribution in [3.05, 3.63) is 0 Å². The van der Waals surface area contributed by atoms with E-state index in [9.17, 15) is 9.59 Å². The van der Waals surface area contributed by atoms with Gasteiger partial charge < -0.3 is 15.0 Å². The van der Waals surface area contributed by atoms with E-state index in [2.05, 4.69) is 10.2 Å². The fraction of sp³-hybridized carbons (Fsp3) is 0.867. The van der Waals surface area contributed by atoms with Gasteiger partial charge in [0.2, 0.25) is 5.91 Å². The Morgan fingerprint density at radius 3 is 2.52 bits per heavy atom. The average molecular weight is 295 g/mol. The fourth-order valence-corrected chi connectivity index (χ4v) is 3.86. The van der Waals surface area contributed by atoms with Gasteiger partial charge in [0.05, 0.1) is 0 Å². The summed E-state index contributed by atoms with van der Waals surface area (Å²) in [4.78, 5) is 29.0. The second-order valence-electron chi connectivity index (χ2n) is 6.68. The zero-order valence-corrected chi connectivity index (χ0v) is 13.0. The Labute approximate surface area is 125 Å². The molecule has 0 aromatic rings. The van der Waals surface area contributed by atoms with E-state index in [-0.39, 0.29) is 11.8 Å². The molecule has 3 rings (SSSR count). The SMILES string of the molecule is CN1CCNC(=O)C12CCN(C(=O)[C@@]1(C)CCCO1)CC2. The third-order valence-corrected chi connectivity index (χ3v) is 5.44. The Morgan fingerprint density at radius 2 is 1.95 bits per heavy atom. The van der Waals surface area contributed by atoms with Crippen LogP contribution in [0.3, 0.4) is 0 Å². The second kappa shape index (κ2) is 5.25. The predicted octanol–water partition coefficient (Wildman–Crippen LogP) is -0.0217. The molecule has 0 radical (unpaired) electrons. The van der Waals surface area contributed by atoms with Gasteiger partial charge in [-0.15, -0.1) is 0 Å². The molecule has 3 heterocycles. The van der Waals surface area contributed by atoms with E-state index in [0.29, 0.717) is 39.1 Å². The summed E-state index contributed by atoms with van der Waals surface area (Å²) in [6.07, 6.45) is 3.16. The van der Waals surface area contributed by atoms with Crippen molar-refractivity contribution in [3.63, 3.8) is 0 Å². The molecule has 6 heteroatoms. The van der Waals surface area contributed by atoms with Crippen LogP contribution in [0.1, 0.15) is 32.6 Å². The topological polar surface area (TPSA) is 61.9 Å². The molecule has 21 heavy (non-hydrogen) atoms. The maximum Gasteiger partial charge on any atom is 0.254 e. The first-order chi connectivity index (χ1) is 9.98. The fourth-order valence-electron chi connectivity index (χ4n) is 3.86. The van der Waals surface area contributed by atoms with Crippen molar-refractivity contribution in [1.29, 1.82) is 0 Å². The van der Waals surface area contributed by atoms with E-state index in [1.165, 1.54) is 0 Å². The molecule has 1 atom stereocenters. The largest absolute Gasteiger partial charge is 0.365 e. The Morgan fingerprint density at radius 1 is 1.24 bits per heavy atom. The zero-order valence-electron chi connectivity index (χ0n) is 13.0. The van der Waals surface area contributed by atoms with Crippen LogP contribution in [0.4, 0.5) is 0 Å². The number of likely N-dealkylation sites (N-methyl/N-ethyl adjacent to an activating group) is 1. The van der Waals surface area contributed by atoms with E-state index in [1.54, 1.807) is 0 Å². The number of nitrogens with one attached hydrogen (secondary N) is 1. The highest BCUT2D eigenvalue weighted by Crippen LogP contribution is 2.33. The smallest absolute Gasteiger partial charge is 0.254 e. The molecule has 0 aromatic heterocycles. The number of hydrogen-bond acceptors (Lipinski definition) is 4. The van der Waals surface area contributed by atoms with Gasteiger partial charge in [0, 0.05) is 32.8 Å². The molecule has 0 aliphatic carbocycles. The Kier molecular flexibility index (Phi) is 3.69. The normalized spacial score (nSPS) is 33.2. The minimum absolute atomic E-state index is 0.0914. The maximum atomic E-state index is 12.6. The third kappa shape index (κ3) is 2.34. The van der Waals surface area contributed by atoms with Gasteiger partial charge in [0.1, 0.15) is 11.1 Å². The van der Waals surface area contributed by atoms with Crippen molar-refractivity contribution < 1.29 is 14.3 Å². The number of ether oxygens (including phenoxy) is 1. The molecule has 3 saturated heterocycles. The maximum absolute atomic E-state index is 12.6. The summed E-state index contributed by atoms with van der Waals surface area (Å²) in [5.74, 6) is 0.209. The molecular weight excluding hydrogens is 270 g/mol. The molecule has 1 N–H and O–H groups in total. The van der Waals surface area contributed by atoms with Gasteiger partial charge >= 0.3 is 0 Å². The van der Waals surface area contributed by atoms with Gasteiger partial charge in [-0.1, -0.05) is 0 Å². The zero-order chi connectivity index (χ0) is 15.1. The first kappa shape index (κ1) is 14.8. The van der Waals surface area contributed by atoms with Crippen LogP contribution in [-0.2, 0) is 14.3 Å². The molecule has 2 amide bonds. The lowest BCUT2D eigenvalue weighted by molar-refractivity contribution is -0.157. The van der Waals surface area contributed by atoms with Crippen LogP contribution in [0.5, 0.6) is 0 Å². The lowest BCUT2D eigenvalue weighted by Gasteiger charge is -2.49. The van der Waals surface area contributed by atoms with Crippen molar-refractivity contribution in [2.45, 2.75) is 43.7 Å². The molecule has 0 bridgehead atoms. The monoisotopic (exact) mass is 295 g/mol. The Hall–Kier alpha value is -1.14. The molecule has 0 saturated carbocycles. The summed E-state index contributed by atoms with van der Waals surface area (Å²) in [5, 5.41) is 2.97. The molecule has 0 unspecified atom stereocenters. The quantitative estimate of drug-likeness (QED) is 0.738. The van der Waals surface area contributed by atoms with E-state index < -0.39 is 11.1 Å². The van der Waals surface area contributed by atoms with Gasteiger partial charge in [-0.05, 0) is 39.7 Å². The van der Waals surface area contributed by atoms with Gasteiger partial charge in [0.15, 0.2) is 0 Å². The molecule has 0 aromatic carbocycles. The molecular formula is C15H25N3O3. The van der Waals surface area contributed by atoms with Gasteiger partial charge in [-0.2, -0.15) is 0 Å². The minimum Gasteiger partial charge on any atom is -0.365 e. The molecule has 6 nitrogen and oxygen atoms in total. The minimum atomic E-state index is -0.648. The van der Waals surface area contributed by atoms with Gasteiger partial charge in [-0.25, -0.2) is 0 Å². The van der Waals surface area contributed by atoms with Crippen molar-refractivity contribution in [3.8, 4) is 0 Å². The Bertz CT molecular complexity index is 437. The number of carbonyl (C=O) groups excluding carboxylic acids is 2. The van der Waals surface area contributed by atoms with Crippen LogP contribution < -0.4 is 5.32 Å². The van der Waals surface area contributed by atoms with Gasteiger partial charge in [-0.3, -0.25) is 14.5 Å². The van der Waals surface area contributed by atoms with Crippen molar-refractivity contribution >= 4 is 11.8 Å². The summed E-state index contributed by atoms with van der Waals surface area (Å²) in [7, 11) is 2.01.